The Morgan fingerprint density at radius 3 is 2.45 bits per heavy atom. The fraction of sp³-hybridized carbons (Fsp3) is 0. The van der Waals surface area contributed by atoms with Crippen LogP contribution < -0.4 is 22.1 Å². The highest BCUT2D eigenvalue weighted by Gasteiger charge is 2.16. The molecule has 2 amide bonds. The standard InChI is InChI=1S/C28H22N6O2S.H2O/c29-24-9-2-1-8-21(24)23-13-17(10-11-22(23)26(30)35)27(36)32-19-6-3-7-20(14-19)33-28-34-25(16-37-28)18-5-4-12-31-15-18;/h1-16H,29H2,(H2,30,35)(H,32,36)(H,33,34);1H2. The van der Waals surface area contributed by atoms with Crippen LogP contribution in [0.1, 0.15) is 20.7 Å². The number of carbonyl (C=O) groups excluding carboxylic acids is 2. The number of nitrogens with one attached hydrogen (secondary N) is 2. The molecule has 0 saturated heterocycles. The van der Waals surface area contributed by atoms with Gasteiger partial charge in [-0.1, -0.05) is 24.3 Å². The van der Waals surface area contributed by atoms with Crippen LogP contribution in [0.4, 0.5) is 22.2 Å². The maximum Gasteiger partial charge on any atom is 0.255 e. The van der Waals surface area contributed by atoms with Crippen molar-refractivity contribution in [2.45, 2.75) is 0 Å². The van der Waals surface area contributed by atoms with Gasteiger partial charge in [0.2, 0.25) is 5.91 Å². The van der Waals surface area contributed by atoms with Crippen LogP contribution in [0.2, 0.25) is 0 Å². The quantitative estimate of drug-likeness (QED) is 0.225. The smallest absolute Gasteiger partial charge is 0.255 e. The van der Waals surface area contributed by atoms with E-state index in [2.05, 4.69) is 20.6 Å². The van der Waals surface area contributed by atoms with E-state index in [1.54, 1.807) is 54.9 Å². The van der Waals surface area contributed by atoms with Crippen molar-refractivity contribution >= 4 is 45.3 Å². The van der Waals surface area contributed by atoms with Crippen LogP contribution in [-0.2, 0) is 0 Å². The monoisotopic (exact) mass is 524 g/mol. The maximum absolute atomic E-state index is 13.1. The van der Waals surface area contributed by atoms with Crippen molar-refractivity contribution in [3.8, 4) is 22.4 Å². The van der Waals surface area contributed by atoms with Crippen molar-refractivity contribution in [1.29, 1.82) is 0 Å². The van der Waals surface area contributed by atoms with E-state index in [9.17, 15) is 9.59 Å². The van der Waals surface area contributed by atoms with Gasteiger partial charge in [-0.2, -0.15) is 0 Å². The molecule has 0 fully saturated rings. The number of hydrogen-bond donors (Lipinski definition) is 4. The molecule has 0 spiro atoms. The lowest BCUT2D eigenvalue weighted by molar-refractivity contribution is 0.0996. The third-order valence-corrected chi connectivity index (χ3v) is 6.39. The van der Waals surface area contributed by atoms with Gasteiger partial charge in [-0.05, 0) is 60.2 Å². The topological polar surface area (TPSA) is 168 Å². The number of hydrogen-bond acceptors (Lipinski definition) is 7. The summed E-state index contributed by atoms with van der Waals surface area (Å²) < 4.78 is 0. The number of pyridine rings is 1. The van der Waals surface area contributed by atoms with Crippen molar-refractivity contribution in [2.75, 3.05) is 16.4 Å². The van der Waals surface area contributed by atoms with E-state index in [-0.39, 0.29) is 16.9 Å². The first-order valence-electron chi connectivity index (χ1n) is 11.3. The molecule has 3 aromatic carbocycles. The van der Waals surface area contributed by atoms with E-state index in [0.717, 1.165) is 22.1 Å². The first-order valence-corrected chi connectivity index (χ1v) is 12.2. The molecule has 0 aliphatic heterocycles. The van der Waals surface area contributed by atoms with Crippen molar-refractivity contribution in [3.05, 3.63) is 108 Å². The predicted octanol–water partition coefficient (Wildman–Crippen LogP) is 4.72. The number of primary amides is 1. The average Bonchev–Trinajstić information content (AvgIpc) is 3.38. The zero-order chi connectivity index (χ0) is 25.8. The Labute approximate surface area is 222 Å². The van der Waals surface area contributed by atoms with Crippen molar-refractivity contribution in [2.24, 2.45) is 5.73 Å². The second kappa shape index (κ2) is 11.3. The Balaban J connectivity index is 0.00000336. The van der Waals surface area contributed by atoms with Crippen LogP contribution in [0.25, 0.3) is 22.4 Å². The number of nitrogen functional groups attached to an aromatic ring is 1. The van der Waals surface area contributed by atoms with Gasteiger partial charge in [0, 0.05) is 57.1 Å². The molecule has 9 nitrogen and oxygen atoms in total. The summed E-state index contributed by atoms with van der Waals surface area (Å²) in [5, 5.41) is 8.85. The fourth-order valence-electron chi connectivity index (χ4n) is 3.84. The summed E-state index contributed by atoms with van der Waals surface area (Å²) in [6.45, 7) is 0. The minimum absolute atomic E-state index is 0. The number of para-hydroxylation sites is 1. The summed E-state index contributed by atoms with van der Waals surface area (Å²) >= 11 is 1.47. The van der Waals surface area contributed by atoms with Gasteiger partial charge in [0.1, 0.15) is 0 Å². The Kier molecular flexibility index (Phi) is 7.76. The predicted molar refractivity (Wildman–Crippen MR) is 151 cm³/mol. The third-order valence-electron chi connectivity index (χ3n) is 5.63. The van der Waals surface area contributed by atoms with Gasteiger partial charge >= 0.3 is 0 Å². The van der Waals surface area contributed by atoms with Gasteiger partial charge in [-0.3, -0.25) is 14.6 Å². The van der Waals surface area contributed by atoms with Gasteiger partial charge < -0.3 is 27.6 Å². The van der Waals surface area contributed by atoms with E-state index < -0.39 is 5.91 Å². The molecule has 8 N–H and O–H groups in total. The summed E-state index contributed by atoms with van der Waals surface area (Å²) in [4.78, 5) is 33.9. The van der Waals surface area contributed by atoms with Gasteiger partial charge in [0.05, 0.1) is 5.69 Å². The lowest BCUT2D eigenvalue weighted by atomic mass is 9.95. The van der Waals surface area contributed by atoms with E-state index in [1.807, 2.05) is 41.8 Å². The van der Waals surface area contributed by atoms with Crippen molar-refractivity contribution in [3.63, 3.8) is 0 Å². The molecule has 0 aliphatic rings. The number of rotatable bonds is 7. The zero-order valence-electron chi connectivity index (χ0n) is 20.0. The molecular weight excluding hydrogens is 500 g/mol. The Bertz CT molecular complexity index is 1600. The van der Waals surface area contributed by atoms with Crippen LogP contribution in [0.5, 0.6) is 0 Å². The lowest BCUT2D eigenvalue weighted by Gasteiger charge is -2.13. The highest BCUT2D eigenvalue weighted by molar-refractivity contribution is 7.14. The SMILES string of the molecule is NC(=O)c1ccc(C(=O)Nc2cccc(Nc3nc(-c4cccnc4)cs3)c2)cc1-c1ccccc1N.O. The number of anilines is 4. The molecule has 2 heterocycles. The van der Waals surface area contributed by atoms with E-state index >= 15 is 0 Å². The molecule has 0 unspecified atom stereocenters. The van der Waals surface area contributed by atoms with E-state index in [1.165, 1.54) is 11.3 Å². The largest absolute Gasteiger partial charge is 0.412 e. The fourth-order valence-corrected chi connectivity index (χ4v) is 4.58. The summed E-state index contributed by atoms with van der Waals surface area (Å²) in [6, 6.07) is 23.0. The second-order valence-electron chi connectivity index (χ2n) is 8.15. The number of nitrogens with two attached hydrogens (primary N) is 2. The molecular formula is C28H24N6O3S. The molecule has 0 radical (unpaired) electrons. The van der Waals surface area contributed by atoms with E-state index in [0.29, 0.717) is 28.1 Å². The average molecular weight is 525 g/mol. The first kappa shape index (κ1) is 26.0. The minimum atomic E-state index is -0.599. The molecule has 2 aromatic heterocycles. The molecule has 0 atom stereocenters. The number of thiazole rings is 1. The summed E-state index contributed by atoms with van der Waals surface area (Å²) in [5.74, 6) is -0.935. The van der Waals surface area contributed by atoms with Gasteiger partial charge in [0.25, 0.3) is 5.91 Å². The third kappa shape index (κ3) is 5.67. The maximum atomic E-state index is 13.1. The van der Waals surface area contributed by atoms with Gasteiger partial charge in [-0.25, -0.2) is 4.98 Å². The molecule has 0 bridgehead atoms. The number of carbonyl (C=O) groups is 2. The highest BCUT2D eigenvalue weighted by Crippen LogP contribution is 2.31. The molecule has 0 saturated carbocycles. The Morgan fingerprint density at radius 1 is 0.868 bits per heavy atom. The van der Waals surface area contributed by atoms with Gasteiger partial charge in [0.15, 0.2) is 5.13 Å². The molecule has 5 aromatic rings. The van der Waals surface area contributed by atoms with Crippen molar-refractivity contribution < 1.29 is 15.1 Å². The normalized spacial score (nSPS) is 10.3. The summed E-state index contributed by atoms with van der Waals surface area (Å²) in [7, 11) is 0. The molecule has 190 valence electrons. The van der Waals surface area contributed by atoms with Crippen LogP contribution in [0.3, 0.4) is 0 Å². The lowest BCUT2D eigenvalue weighted by Crippen LogP contribution is -2.16. The molecule has 0 aliphatic carbocycles. The molecule has 5 rings (SSSR count). The Hall–Kier alpha value is -5.06. The van der Waals surface area contributed by atoms with Crippen LogP contribution in [0, 0.1) is 0 Å². The Morgan fingerprint density at radius 2 is 1.68 bits per heavy atom. The number of aromatic nitrogens is 2. The summed E-state index contributed by atoms with van der Waals surface area (Å²) in [6.07, 6.45) is 3.49. The number of nitrogens with zero attached hydrogens (tertiary/aromatic N) is 2. The molecule has 10 heteroatoms. The summed E-state index contributed by atoms with van der Waals surface area (Å²) in [5.41, 5.74) is 17.1. The van der Waals surface area contributed by atoms with Crippen LogP contribution >= 0.6 is 11.3 Å². The van der Waals surface area contributed by atoms with Crippen LogP contribution in [-0.4, -0.2) is 27.3 Å². The van der Waals surface area contributed by atoms with E-state index in [4.69, 9.17) is 11.5 Å². The first-order chi connectivity index (χ1) is 18.0. The van der Waals surface area contributed by atoms with Crippen LogP contribution in [0.15, 0.2) is 96.6 Å². The van der Waals surface area contributed by atoms with Gasteiger partial charge in [-0.15, -0.1) is 11.3 Å². The second-order valence-corrected chi connectivity index (χ2v) is 9.01. The van der Waals surface area contributed by atoms with Crippen molar-refractivity contribution in [1.82, 2.24) is 9.97 Å². The highest BCUT2D eigenvalue weighted by atomic mass is 32.1. The number of benzene rings is 3. The zero-order valence-corrected chi connectivity index (χ0v) is 20.8. The molecule has 38 heavy (non-hydrogen) atoms. The minimum Gasteiger partial charge on any atom is -0.412 e. The number of amides is 2.